The Labute approximate surface area is 179 Å². The highest BCUT2D eigenvalue weighted by Gasteiger charge is 2.19. The van der Waals surface area contributed by atoms with Gasteiger partial charge in [-0.3, -0.25) is 14.5 Å². The molecular weight excluding hydrogens is 427 g/mol. The minimum atomic E-state index is -0.322. The molecule has 3 aromatic heterocycles. The molecular formula is C20H17FN4OS3. The van der Waals surface area contributed by atoms with Gasteiger partial charge in [-0.25, -0.2) is 4.39 Å². The SMILES string of the molecule is O=C(CCn1c(-c2cccs2)n[nH]c1=S)NC(c1ccc(F)cc1)c1cccs1. The van der Waals surface area contributed by atoms with Gasteiger partial charge in [0.2, 0.25) is 5.91 Å². The second kappa shape index (κ2) is 8.81. The highest BCUT2D eigenvalue weighted by atomic mass is 32.1. The van der Waals surface area contributed by atoms with Gasteiger partial charge < -0.3 is 5.32 Å². The quantitative estimate of drug-likeness (QED) is 0.387. The summed E-state index contributed by atoms with van der Waals surface area (Å²) in [5, 5.41) is 14.1. The molecule has 148 valence electrons. The van der Waals surface area contributed by atoms with E-state index >= 15 is 0 Å². The average Bonchev–Trinajstić information content (AvgIpc) is 3.47. The van der Waals surface area contributed by atoms with Gasteiger partial charge in [-0.15, -0.1) is 22.7 Å². The van der Waals surface area contributed by atoms with Crippen LogP contribution in [-0.4, -0.2) is 20.7 Å². The first-order valence-electron chi connectivity index (χ1n) is 8.89. The normalized spacial score (nSPS) is 12.0. The van der Waals surface area contributed by atoms with E-state index in [1.165, 1.54) is 12.1 Å². The van der Waals surface area contributed by atoms with Gasteiger partial charge in [0.1, 0.15) is 5.82 Å². The highest BCUT2D eigenvalue weighted by Crippen LogP contribution is 2.27. The number of rotatable bonds is 7. The molecule has 2 N–H and O–H groups in total. The van der Waals surface area contributed by atoms with E-state index in [4.69, 9.17) is 12.2 Å². The number of nitrogens with one attached hydrogen (secondary N) is 2. The second-order valence-electron chi connectivity index (χ2n) is 6.30. The third-order valence-corrected chi connectivity index (χ3v) is 6.51. The Morgan fingerprint density at radius 3 is 2.62 bits per heavy atom. The van der Waals surface area contributed by atoms with E-state index in [-0.39, 0.29) is 24.2 Å². The molecule has 0 saturated heterocycles. The van der Waals surface area contributed by atoms with Crippen molar-refractivity contribution in [2.75, 3.05) is 0 Å². The van der Waals surface area contributed by atoms with Gasteiger partial charge in [-0.1, -0.05) is 24.3 Å². The van der Waals surface area contributed by atoms with Crippen LogP contribution >= 0.6 is 34.9 Å². The van der Waals surface area contributed by atoms with Crippen LogP contribution in [0.4, 0.5) is 4.39 Å². The Hall–Kier alpha value is -2.62. The smallest absolute Gasteiger partial charge is 0.222 e. The lowest BCUT2D eigenvalue weighted by Gasteiger charge is -2.18. The fraction of sp³-hybridized carbons (Fsp3) is 0.150. The van der Waals surface area contributed by atoms with Crippen LogP contribution in [0.3, 0.4) is 0 Å². The fourth-order valence-electron chi connectivity index (χ4n) is 3.00. The highest BCUT2D eigenvalue weighted by molar-refractivity contribution is 7.71. The van der Waals surface area contributed by atoms with E-state index < -0.39 is 0 Å². The summed E-state index contributed by atoms with van der Waals surface area (Å²) in [6.07, 6.45) is 0.245. The largest absolute Gasteiger partial charge is 0.344 e. The molecule has 1 aromatic carbocycles. The summed E-state index contributed by atoms with van der Waals surface area (Å²) in [5.41, 5.74) is 0.835. The maximum atomic E-state index is 13.3. The zero-order valence-corrected chi connectivity index (χ0v) is 17.6. The van der Waals surface area contributed by atoms with E-state index in [2.05, 4.69) is 15.5 Å². The molecule has 9 heteroatoms. The maximum Gasteiger partial charge on any atom is 0.222 e. The molecule has 1 amide bonds. The van der Waals surface area contributed by atoms with Crippen molar-refractivity contribution in [3.05, 3.63) is 80.3 Å². The summed E-state index contributed by atoms with van der Waals surface area (Å²) in [5.74, 6) is 0.305. The third kappa shape index (κ3) is 4.52. The van der Waals surface area contributed by atoms with Crippen LogP contribution in [0.1, 0.15) is 22.9 Å². The molecule has 0 bridgehead atoms. The van der Waals surface area contributed by atoms with Crippen molar-refractivity contribution in [2.45, 2.75) is 19.0 Å². The van der Waals surface area contributed by atoms with E-state index in [1.807, 2.05) is 39.6 Å². The predicted molar refractivity (Wildman–Crippen MR) is 116 cm³/mol. The van der Waals surface area contributed by atoms with Gasteiger partial charge in [-0.2, -0.15) is 5.10 Å². The summed E-state index contributed by atoms with van der Waals surface area (Å²) in [6.45, 7) is 0.412. The van der Waals surface area contributed by atoms with Crippen molar-refractivity contribution in [1.82, 2.24) is 20.1 Å². The van der Waals surface area contributed by atoms with Gasteiger partial charge >= 0.3 is 0 Å². The van der Waals surface area contributed by atoms with Crippen LogP contribution in [0.5, 0.6) is 0 Å². The molecule has 29 heavy (non-hydrogen) atoms. The number of carbonyl (C=O) groups excluding carboxylic acids is 1. The average molecular weight is 445 g/mol. The van der Waals surface area contributed by atoms with E-state index in [0.29, 0.717) is 11.3 Å². The standard InChI is InChI=1S/C20H17FN4OS3/c21-14-7-5-13(6-8-14)18(15-3-1-11-28-15)22-17(26)9-10-25-19(23-24-20(25)27)16-4-2-12-29-16/h1-8,11-12,18H,9-10H2,(H,22,26)(H,24,27). The Kier molecular flexibility index (Phi) is 5.98. The minimum absolute atomic E-state index is 0.118. The van der Waals surface area contributed by atoms with Crippen LogP contribution < -0.4 is 5.32 Å². The van der Waals surface area contributed by atoms with Gasteiger partial charge in [0.05, 0.1) is 10.9 Å². The zero-order valence-electron chi connectivity index (χ0n) is 15.2. The van der Waals surface area contributed by atoms with Crippen LogP contribution in [-0.2, 0) is 11.3 Å². The number of thiophene rings is 2. The number of nitrogens with zero attached hydrogens (tertiary/aromatic N) is 2. The maximum absolute atomic E-state index is 13.3. The first kappa shape index (κ1) is 19.7. The molecule has 0 aliphatic heterocycles. The van der Waals surface area contributed by atoms with Crippen molar-refractivity contribution in [3.8, 4) is 10.7 Å². The number of amides is 1. The summed E-state index contributed by atoms with van der Waals surface area (Å²) >= 11 is 8.44. The van der Waals surface area contributed by atoms with Crippen molar-refractivity contribution >= 4 is 40.8 Å². The summed E-state index contributed by atoms with van der Waals surface area (Å²) in [7, 11) is 0. The number of hydrogen-bond donors (Lipinski definition) is 2. The molecule has 0 aliphatic rings. The zero-order chi connectivity index (χ0) is 20.2. The second-order valence-corrected chi connectivity index (χ2v) is 8.61. The number of H-pyrrole nitrogens is 1. The number of hydrogen-bond acceptors (Lipinski definition) is 5. The lowest BCUT2D eigenvalue weighted by Crippen LogP contribution is -2.29. The van der Waals surface area contributed by atoms with Crippen molar-refractivity contribution in [2.24, 2.45) is 0 Å². The topological polar surface area (TPSA) is 62.7 Å². The number of benzene rings is 1. The van der Waals surface area contributed by atoms with E-state index in [9.17, 15) is 9.18 Å². The van der Waals surface area contributed by atoms with Gasteiger partial charge in [-0.05, 0) is 52.8 Å². The Bertz CT molecular complexity index is 1130. The first-order chi connectivity index (χ1) is 14.1. The Morgan fingerprint density at radius 1 is 1.17 bits per heavy atom. The van der Waals surface area contributed by atoms with Crippen LogP contribution in [0, 0.1) is 10.6 Å². The van der Waals surface area contributed by atoms with Crippen molar-refractivity contribution < 1.29 is 9.18 Å². The molecule has 1 unspecified atom stereocenters. The lowest BCUT2D eigenvalue weighted by molar-refractivity contribution is -0.121. The fourth-order valence-corrected chi connectivity index (χ4v) is 4.74. The molecule has 1 atom stereocenters. The molecule has 0 aliphatic carbocycles. The molecule has 5 nitrogen and oxygen atoms in total. The van der Waals surface area contributed by atoms with Crippen molar-refractivity contribution in [3.63, 3.8) is 0 Å². The summed E-state index contributed by atoms with van der Waals surface area (Å²) < 4.78 is 15.6. The van der Waals surface area contributed by atoms with Crippen LogP contribution in [0.2, 0.25) is 0 Å². The van der Waals surface area contributed by atoms with E-state index in [0.717, 1.165) is 21.1 Å². The summed E-state index contributed by atoms with van der Waals surface area (Å²) in [4.78, 5) is 14.7. The third-order valence-electron chi connectivity index (χ3n) is 4.40. The van der Waals surface area contributed by atoms with Crippen LogP contribution in [0.15, 0.2) is 59.3 Å². The number of carbonyl (C=O) groups is 1. The molecule has 4 aromatic rings. The van der Waals surface area contributed by atoms with Crippen molar-refractivity contribution in [1.29, 1.82) is 0 Å². The Balaban J connectivity index is 1.49. The lowest BCUT2D eigenvalue weighted by atomic mass is 10.1. The van der Waals surface area contributed by atoms with Gasteiger partial charge in [0.25, 0.3) is 0 Å². The number of halogens is 1. The molecule has 3 heterocycles. The molecule has 0 fully saturated rings. The molecule has 0 spiro atoms. The molecule has 0 saturated carbocycles. The monoisotopic (exact) mass is 444 g/mol. The first-order valence-corrected chi connectivity index (χ1v) is 11.1. The Morgan fingerprint density at radius 2 is 1.93 bits per heavy atom. The molecule has 0 radical (unpaired) electrons. The van der Waals surface area contributed by atoms with Gasteiger partial charge in [0.15, 0.2) is 10.6 Å². The number of aromatic amines is 1. The van der Waals surface area contributed by atoms with E-state index in [1.54, 1.807) is 34.8 Å². The molecule has 4 rings (SSSR count). The number of aromatic nitrogens is 3. The summed E-state index contributed by atoms with van der Waals surface area (Å²) in [6, 6.07) is 13.7. The minimum Gasteiger partial charge on any atom is -0.344 e. The predicted octanol–water partition coefficient (Wildman–Crippen LogP) is 5.17. The van der Waals surface area contributed by atoms with Crippen LogP contribution in [0.25, 0.3) is 10.7 Å². The van der Waals surface area contributed by atoms with Gasteiger partial charge in [0, 0.05) is 17.8 Å².